The third kappa shape index (κ3) is 5.81. The number of benzene rings is 1. The van der Waals surface area contributed by atoms with Gasteiger partial charge in [0.1, 0.15) is 11.8 Å². The highest BCUT2D eigenvalue weighted by Crippen LogP contribution is 2.27. The SMILES string of the molecule is COc1ccc(Cl)cc1NCC(=O)N[C@@H](CC(C)C)C(=O)O. The van der Waals surface area contributed by atoms with E-state index in [-0.39, 0.29) is 12.5 Å². The molecule has 0 unspecified atom stereocenters. The molecule has 0 aliphatic carbocycles. The number of hydrogen-bond acceptors (Lipinski definition) is 4. The summed E-state index contributed by atoms with van der Waals surface area (Å²) in [5, 5.41) is 15.0. The topological polar surface area (TPSA) is 87.7 Å². The number of carboxylic acids is 1. The van der Waals surface area contributed by atoms with Crippen LogP contribution < -0.4 is 15.4 Å². The largest absolute Gasteiger partial charge is 0.495 e. The second-order valence-electron chi connectivity index (χ2n) is 5.29. The maximum absolute atomic E-state index is 11.9. The number of amides is 1. The standard InChI is InChI=1S/C15H21ClN2O4/c1-9(2)6-12(15(20)21)18-14(19)8-17-11-7-10(16)4-5-13(11)22-3/h4-5,7,9,12,17H,6,8H2,1-3H3,(H,18,19)(H,20,21)/t12-/m0/s1. The third-order valence-electron chi connectivity index (χ3n) is 2.94. The van der Waals surface area contributed by atoms with Gasteiger partial charge < -0.3 is 20.5 Å². The molecule has 0 saturated heterocycles. The molecule has 1 rings (SSSR count). The lowest BCUT2D eigenvalue weighted by molar-refractivity contribution is -0.142. The summed E-state index contributed by atoms with van der Waals surface area (Å²) in [4.78, 5) is 23.0. The van der Waals surface area contributed by atoms with Crippen molar-refractivity contribution in [3.63, 3.8) is 0 Å². The highest BCUT2D eigenvalue weighted by atomic mass is 35.5. The monoisotopic (exact) mass is 328 g/mol. The first-order valence-electron chi connectivity index (χ1n) is 6.93. The van der Waals surface area contributed by atoms with E-state index in [0.29, 0.717) is 22.9 Å². The Morgan fingerprint density at radius 2 is 2.05 bits per heavy atom. The molecule has 1 aromatic rings. The molecule has 122 valence electrons. The molecule has 1 aromatic carbocycles. The Morgan fingerprint density at radius 1 is 1.36 bits per heavy atom. The number of rotatable bonds is 8. The normalized spacial score (nSPS) is 11.9. The van der Waals surface area contributed by atoms with Gasteiger partial charge in [0.2, 0.25) is 5.91 Å². The van der Waals surface area contributed by atoms with Crippen molar-refractivity contribution in [3.05, 3.63) is 23.2 Å². The number of hydrogen-bond donors (Lipinski definition) is 3. The van der Waals surface area contributed by atoms with Crippen molar-refractivity contribution in [2.24, 2.45) is 5.92 Å². The lowest BCUT2D eigenvalue weighted by atomic mass is 10.0. The Balaban J connectivity index is 2.62. The van der Waals surface area contributed by atoms with Gasteiger partial charge in [-0.2, -0.15) is 0 Å². The van der Waals surface area contributed by atoms with Crippen molar-refractivity contribution in [3.8, 4) is 5.75 Å². The summed E-state index contributed by atoms with van der Waals surface area (Å²) in [5.41, 5.74) is 0.570. The Morgan fingerprint density at radius 3 is 2.59 bits per heavy atom. The average molecular weight is 329 g/mol. The smallest absolute Gasteiger partial charge is 0.326 e. The molecule has 22 heavy (non-hydrogen) atoms. The van der Waals surface area contributed by atoms with Crippen LogP contribution in [0.25, 0.3) is 0 Å². The first-order chi connectivity index (χ1) is 10.3. The molecule has 1 atom stereocenters. The van der Waals surface area contributed by atoms with Crippen molar-refractivity contribution in [2.45, 2.75) is 26.3 Å². The molecule has 0 aliphatic heterocycles. The molecular formula is C15H21ClN2O4. The van der Waals surface area contributed by atoms with E-state index >= 15 is 0 Å². The number of carbonyl (C=O) groups is 2. The maximum atomic E-state index is 11.9. The fourth-order valence-corrected chi connectivity index (χ4v) is 2.10. The van der Waals surface area contributed by atoms with Crippen LogP contribution in [0.3, 0.4) is 0 Å². The number of aliphatic carboxylic acids is 1. The number of carboxylic acid groups (broad SMARTS) is 1. The molecule has 0 aliphatic rings. The van der Waals surface area contributed by atoms with Crippen molar-refractivity contribution < 1.29 is 19.4 Å². The van der Waals surface area contributed by atoms with E-state index in [9.17, 15) is 9.59 Å². The van der Waals surface area contributed by atoms with Gasteiger partial charge in [-0.1, -0.05) is 25.4 Å². The zero-order valence-electron chi connectivity index (χ0n) is 12.9. The van der Waals surface area contributed by atoms with Crippen LogP contribution in [-0.4, -0.2) is 36.7 Å². The van der Waals surface area contributed by atoms with Crippen LogP contribution in [0.2, 0.25) is 5.02 Å². The summed E-state index contributed by atoms with van der Waals surface area (Å²) in [6.07, 6.45) is 0.377. The highest BCUT2D eigenvalue weighted by Gasteiger charge is 2.20. The van der Waals surface area contributed by atoms with Crippen molar-refractivity contribution in [1.29, 1.82) is 0 Å². The van der Waals surface area contributed by atoms with E-state index in [4.69, 9.17) is 21.4 Å². The lowest BCUT2D eigenvalue weighted by Gasteiger charge is -2.17. The predicted molar refractivity (Wildman–Crippen MR) is 85.5 cm³/mol. The number of anilines is 1. The molecule has 0 spiro atoms. The molecule has 0 bridgehead atoms. The molecule has 0 radical (unpaired) electrons. The Bertz CT molecular complexity index is 534. The van der Waals surface area contributed by atoms with Crippen LogP contribution >= 0.6 is 11.6 Å². The first kappa shape index (κ1) is 18.1. The summed E-state index contributed by atoms with van der Waals surface area (Å²) in [6, 6.07) is 4.10. The second kappa shape index (κ2) is 8.48. The molecule has 0 heterocycles. The zero-order valence-corrected chi connectivity index (χ0v) is 13.6. The van der Waals surface area contributed by atoms with Crippen molar-refractivity contribution in [1.82, 2.24) is 5.32 Å². The van der Waals surface area contributed by atoms with Crippen LogP contribution in [0.4, 0.5) is 5.69 Å². The van der Waals surface area contributed by atoms with Crippen LogP contribution in [0.15, 0.2) is 18.2 Å². The van der Waals surface area contributed by atoms with Crippen molar-refractivity contribution in [2.75, 3.05) is 19.0 Å². The van der Waals surface area contributed by atoms with Gasteiger partial charge in [0.15, 0.2) is 0 Å². The highest BCUT2D eigenvalue weighted by molar-refractivity contribution is 6.30. The summed E-state index contributed by atoms with van der Waals surface area (Å²) < 4.78 is 5.16. The van der Waals surface area contributed by atoms with Gasteiger partial charge in [-0.3, -0.25) is 4.79 Å². The molecule has 7 heteroatoms. The van der Waals surface area contributed by atoms with Crippen LogP contribution in [0.1, 0.15) is 20.3 Å². The third-order valence-corrected chi connectivity index (χ3v) is 3.18. The van der Waals surface area contributed by atoms with Gasteiger partial charge >= 0.3 is 5.97 Å². The molecular weight excluding hydrogens is 308 g/mol. The van der Waals surface area contributed by atoms with Crippen LogP contribution in [0, 0.1) is 5.92 Å². The summed E-state index contributed by atoms with van der Waals surface area (Å²) in [5.74, 6) is -0.728. The Labute approximate surface area is 134 Å². The van der Waals surface area contributed by atoms with E-state index in [0.717, 1.165) is 0 Å². The number of halogens is 1. The second-order valence-corrected chi connectivity index (χ2v) is 5.72. The quantitative estimate of drug-likeness (QED) is 0.682. The molecule has 0 fully saturated rings. The molecule has 0 saturated carbocycles. The van der Waals surface area contributed by atoms with Gasteiger partial charge in [0.25, 0.3) is 0 Å². The van der Waals surface area contributed by atoms with Gasteiger partial charge in [-0.05, 0) is 30.5 Å². The van der Waals surface area contributed by atoms with Crippen LogP contribution in [0.5, 0.6) is 5.75 Å². The predicted octanol–water partition coefficient (Wildman–Crippen LogP) is 2.38. The van der Waals surface area contributed by atoms with E-state index in [1.807, 2.05) is 13.8 Å². The summed E-state index contributed by atoms with van der Waals surface area (Å²) >= 11 is 5.90. The molecule has 6 nitrogen and oxygen atoms in total. The molecule has 0 aromatic heterocycles. The zero-order chi connectivity index (χ0) is 16.7. The van der Waals surface area contributed by atoms with Gasteiger partial charge in [-0.25, -0.2) is 4.79 Å². The van der Waals surface area contributed by atoms with E-state index in [1.54, 1.807) is 18.2 Å². The number of nitrogens with one attached hydrogen (secondary N) is 2. The number of carbonyl (C=O) groups excluding carboxylic acids is 1. The fourth-order valence-electron chi connectivity index (χ4n) is 1.93. The summed E-state index contributed by atoms with van der Waals surface area (Å²) in [7, 11) is 1.51. The fraction of sp³-hybridized carbons (Fsp3) is 0.467. The minimum Gasteiger partial charge on any atom is -0.495 e. The van der Waals surface area contributed by atoms with Crippen molar-refractivity contribution >= 4 is 29.2 Å². The number of methoxy groups -OCH3 is 1. The summed E-state index contributed by atoms with van der Waals surface area (Å²) in [6.45, 7) is 3.73. The Hall–Kier alpha value is -1.95. The van der Waals surface area contributed by atoms with Crippen LogP contribution in [-0.2, 0) is 9.59 Å². The van der Waals surface area contributed by atoms with E-state index < -0.39 is 17.9 Å². The van der Waals surface area contributed by atoms with Gasteiger partial charge in [0, 0.05) is 5.02 Å². The maximum Gasteiger partial charge on any atom is 0.326 e. The average Bonchev–Trinajstić information content (AvgIpc) is 2.44. The minimum absolute atomic E-state index is 0.0709. The minimum atomic E-state index is -1.04. The molecule has 3 N–H and O–H groups in total. The van der Waals surface area contributed by atoms with Gasteiger partial charge in [0.05, 0.1) is 19.3 Å². The van der Waals surface area contributed by atoms with E-state index in [1.165, 1.54) is 7.11 Å². The van der Waals surface area contributed by atoms with E-state index in [2.05, 4.69) is 10.6 Å². The Kier molecular flexibility index (Phi) is 6.98. The lowest BCUT2D eigenvalue weighted by Crippen LogP contribution is -2.44. The number of ether oxygens (including phenoxy) is 1. The van der Waals surface area contributed by atoms with Gasteiger partial charge in [-0.15, -0.1) is 0 Å². The molecule has 1 amide bonds. The first-order valence-corrected chi connectivity index (χ1v) is 7.30.